The summed E-state index contributed by atoms with van der Waals surface area (Å²) in [7, 11) is -1.84. The standard InChI is InChI=1S/C16H19BFNO2/c1-2-3-4-5-12-6-8-13(9-7-12)15-11-10-14(17(20)21)16(18)19-15/h6-11,20-21H,2-5H2,1H3. The van der Waals surface area contributed by atoms with Crippen molar-refractivity contribution in [3.63, 3.8) is 0 Å². The van der Waals surface area contributed by atoms with E-state index in [1.54, 1.807) is 6.07 Å². The van der Waals surface area contributed by atoms with Gasteiger partial charge in [-0.2, -0.15) is 4.39 Å². The molecular weight excluding hydrogens is 268 g/mol. The van der Waals surface area contributed by atoms with Crippen molar-refractivity contribution < 1.29 is 14.4 Å². The Labute approximate surface area is 124 Å². The molecule has 0 saturated heterocycles. The fourth-order valence-corrected chi connectivity index (χ4v) is 2.22. The van der Waals surface area contributed by atoms with E-state index in [0.717, 1.165) is 12.0 Å². The molecule has 0 aliphatic rings. The molecule has 3 nitrogen and oxygen atoms in total. The zero-order valence-electron chi connectivity index (χ0n) is 12.1. The van der Waals surface area contributed by atoms with Gasteiger partial charge in [-0.15, -0.1) is 0 Å². The maximum absolute atomic E-state index is 13.6. The summed E-state index contributed by atoms with van der Waals surface area (Å²) < 4.78 is 13.6. The van der Waals surface area contributed by atoms with Gasteiger partial charge in [0.05, 0.1) is 5.69 Å². The number of pyridine rings is 1. The first-order valence-electron chi connectivity index (χ1n) is 7.23. The second-order valence-corrected chi connectivity index (χ2v) is 5.10. The van der Waals surface area contributed by atoms with Crippen LogP contribution in [0.15, 0.2) is 36.4 Å². The van der Waals surface area contributed by atoms with Gasteiger partial charge >= 0.3 is 7.12 Å². The highest BCUT2D eigenvalue weighted by molar-refractivity contribution is 6.58. The van der Waals surface area contributed by atoms with Gasteiger partial charge in [-0.3, -0.25) is 0 Å². The molecule has 5 heteroatoms. The molecule has 0 amide bonds. The SMILES string of the molecule is CCCCCc1ccc(-c2ccc(B(O)O)c(F)n2)cc1. The van der Waals surface area contributed by atoms with Crippen LogP contribution in [0.1, 0.15) is 31.7 Å². The van der Waals surface area contributed by atoms with Crippen LogP contribution < -0.4 is 5.46 Å². The van der Waals surface area contributed by atoms with E-state index in [0.29, 0.717) is 5.69 Å². The molecule has 21 heavy (non-hydrogen) atoms. The highest BCUT2D eigenvalue weighted by atomic mass is 19.1. The van der Waals surface area contributed by atoms with E-state index < -0.39 is 13.1 Å². The molecule has 0 unspecified atom stereocenters. The molecule has 0 spiro atoms. The first kappa shape index (κ1) is 15.7. The van der Waals surface area contributed by atoms with Crippen molar-refractivity contribution in [2.75, 3.05) is 0 Å². The van der Waals surface area contributed by atoms with Gasteiger partial charge in [0.25, 0.3) is 0 Å². The molecule has 0 aliphatic carbocycles. The summed E-state index contributed by atoms with van der Waals surface area (Å²) in [5, 5.41) is 18.0. The van der Waals surface area contributed by atoms with Crippen LogP contribution >= 0.6 is 0 Å². The molecule has 0 radical (unpaired) electrons. The summed E-state index contributed by atoms with van der Waals surface area (Å²) in [5.74, 6) is -0.852. The minimum Gasteiger partial charge on any atom is -0.423 e. The van der Waals surface area contributed by atoms with Gasteiger partial charge in [0.2, 0.25) is 5.95 Å². The first-order chi connectivity index (χ1) is 10.1. The normalized spacial score (nSPS) is 10.7. The Morgan fingerprint density at radius 2 is 1.76 bits per heavy atom. The van der Waals surface area contributed by atoms with Crippen molar-refractivity contribution in [1.82, 2.24) is 4.98 Å². The molecule has 0 atom stereocenters. The highest BCUT2D eigenvalue weighted by Crippen LogP contribution is 2.18. The second kappa shape index (κ2) is 7.34. The zero-order chi connectivity index (χ0) is 15.2. The molecule has 0 saturated carbocycles. The Kier molecular flexibility index (Phi) is 5.48. The fraction of sp³-hybridized carbons (Fsp3) is 0.312. The van der Waals surface area contributed by atoms with Crippen molar-refractivity contribution in [1.29, 1.82) is 0 Å². The zero-order valence-corrected chi connectivity index (χ0v) is 12.1. The predicted octanol–water partition coefficient (Wildman–Crippen LogP) is 2.30. The van der Waals surface area contributed by atoms with Gasteiger partial charge in [0.1, 0.15) is 0 Å². The molecule has 1 heterocycles. The van der Waals surface area contributed by atoms with Crippen LogP contribution in [0.2, 0.25) is 0 Å². The third kappa shape index (κ3) is 4.13. The van der Waals surface area contributed by atoms with Crippen molar-refractivity contribution >= 4 is 12.6 Å². The summed E-state index contributed by atoms with van der Waals surface area (Å²) in [6, 6.07) is 10.8. The van der Waals surface area contributed by atoms with Crippen LogP contribution in [0, 0.1) is 5.95 Å². The maximum atomic E-state index is 13.6. The van der Waals surface area contributed by atoms with Crippen molar-refractivity contribution in [2.45, 2.75) is 32.6 Å². The molecule has 0 aliphatic heterocycles. The molecule has 2 aromatic rings. The lowest BCUT2D eigenvalue weighted by molar-refractivity contribution is 0.422. The summed E-state index contributed by atoms with van der Waals surface area (Å²) in [6.07, 6.45) is 4.64. The molecule has 1 aromatic carbocycles. The average molecular weight is 287 g/mol. The number of aromatic nitrogens is 1. The summed E-state index contributed by atoms with van der Waals surface area (Å²) >= 11 is 0. The quantitative estimate of drug-likeness (QED) is 0.487. The van der Waals surface area contributed by atoms with Gasteiger partial charge in [-0.05, 0) is 24.5 Å². The molecule has 0 fully saturated rings. The van der Waals surface area contributed by atoms with Gasteiger partial charge in [0.15, 0.2) is 0 Å². The van der Waals surface area contributed by atoms with Crippen LogP contribution in [0.25, 0.3) is 11.3 Å². The topological polar surface area (TPSA) is 53.4 Å². The molecule has 110 valence electrons. The lowest BCUT2D eigenvalue weighted by Crippen LogP contribution is -2.33. The number of benzene rings is 1. The molecular formula is C16H19BFNO2. The second-order valence-electron chi connectivity index (χ2n) is 5.10. The number of unbranched alkanes of at least 4 members (excludes halogenated alkanes) is 2. The number of hydrogen-bond acceptors (Lipinski definition) is 3. The largest absolute Gasteiger partial charge is 0.493 e. The Balaban J connectivity index is 2.13. The molecule has 2 rings (SSSR count). The predicted molar refractivity (Wildman–Crippen MR) is 82.7 cm³/mol. The van der Waals surface area contributed by atoms with Crippen LogP contribution in [0.4, 0.5) is 4.39 Å². The van der Waals surface area contributed by atoms with E-state index in [1.807, 2.05) is 24.3 Å². The third-order valence-corrected chi connectivity index (χ3v) is 3.47. The van der Waals surface area contributed by atoms with Crippen LogP contribution in [0.5, 0.6) is 0 Å². The lowest BCUT2D eigenvalue weighted by atomic mass is 9.81. The Bertz CT molecular complexity index is 587. The van der Waals surface area contributed by atoms with Crippen LogP contribution in [-0.2, 0) is 6.42 Å². The van der Waals surface area contributed by atoms with Gasteiger partial charge in [-0.25, -0.2) is 4.98 Å². The van der Waals surface area contributed by atoms with Gasteiger partial charge in [0, 0.05) is 11.0 Å². The lowest BCUT2D eigenvalue weighted by Gasteiger charge is -2.06. The molecule has 2 N–H and O–H groups in total. The minimum absolute atomic E-state index is 0.213. The number of hydrogen-bond donors (Lipinski definition) is 2. The van der Waals surface area contributed by atoms with E-state index >= 15 is 0 Å². The van der Waals surface area contributed by atoms with Gasteiger partial charge in [-0.1, -0.05) is 50.1 Å². The van der Waals surface area contributed by atoms with Crippen LogP contribution in [-0.4, -0.2) is 22.2 Å². The number of aryl methyl sites for hydroxylation is 1. The Hall–Kier alpha value is -1.72. The molecule has 0 bridgehead atoms. The van der Waals surface area contributed by atoms with E-state index in [9.17, 15) is 4.39 Å². The highest BCUT2D eigenvalue weighted by Gasteiger charge is 2.18. The van der Waals surface area contributed by atoms with E-state index in [-0.39, 0.29) is 5.46 Å². The van der Waals surface area contributed by atoms with Crippen molar-refractivity contribution in [2.24, 2.45) is 0 Å². The minimum atomic E-state index is -1.84. The number of halogens is 1. The van der Waals surface area contributed by atoms with Gasteiger partial charge < -0.3 is 10.0 Å². The van der Waals surface area contributed by atoms with E-state index in [1.165, 1.54) is 30.9 Å². The third-order valence-electron chi connectivity index (χ3n) is 3.47. The number of nitrogens with zero attached hydrogens (tertiary/aromatic N) is 1. The van der Waals surface area contributed by atoms with Crippen molar-refractivity contribution in [3.8, 4) is 11.3 Å². The Morgan fingerprint density at radius 1 is 1.05 bits per heavy atom. The van der Waals surface area contributed by atoms with E-state index in [2.05, 4.69) is 11.9 Å². The maximum Gasteiger partial charge on any atom is 0.493 e. The fourth-order valence-electron chi connectivity index (χ4n) is 2.22. The average Bonchev–Trinajstić information content (AvgIpc) is 2.48. The summed E-state index contributed by atoms with van der Waals surface area (Å²) in [4.78, 5) is 3.78. The van der Waals surface area contributed by atoms with Crippen LogP contribution in [0.3, 0.4) is 0 Å². The summed E-state index contributed by atoms with van der Waals surface area (Å²) in [6.45, 7) is 2.18. The van der Waals surface area contributed by atoms with Crippen molar-refractivity contribution in [3.05, 3.63) is 47.9 Å². The smallest absolute Gasteiger partial charge is 0.423 e. The monoisotopic (exact) mass is 287 g/mol. The Morgan fingerprint density at radius 3 is 2.33 bits per heavy atom. The molecule has 1 aromatic heterocycles. The number of rotatable bonds is 6. The first-order valence-corrected chi connectivity index (χ1v) is 7.23. The summed E-state index contributed by atoms with van der Waals surface area (Å²) in [5.41, 5.74) is 2.34. The van der Waals surface area contributed by atoms with E-state index in [4.69, 9.17) is 10.0 Å².